The quantitative estimate of drug-likeness (QED) is 0.133. The van der Waals surface area contributed by atoms with Crippen LogP contribution >= 0.6 is 13.5 Å². The first-order valence-electron chi connectivity index (χ1n) is 12.9. The summed E-state index contributed by atoms with van der Waals surface area (Å²) in [5.74, 6) is 0.106. The van der Waals surface area contributed by atoms with Gasteiger partial charge in [-0.15, -0.1) is 0 Å². The summed E-state index contributed by atoms with van der Waals surface area (Å²) in [6.07, 6.45) is -5.06. The highest BCUT2D eigenvalue weighted by molar-refractivity contribution is 8.32. The lowest BCUT2D eigenvalue weighted by Crippen LogP contribution is -2.39. The van der Waals surface area contributed by atoms with Crippen LogP contribution in [0.25, 0.3) is 22.3 Å². The SMILES string of the molecule is Nc1ccnc2c1ncn2[C@@H]1O[C@@H]2COP(O)(=S)O[C@H]3[C@@H](O)[C@H](n4cnc5c(N)ncnc54)O[C@@H]3COP(=O)([S-])O[C@H]2[C@H]1O. The van der Waals surface area contributed by atoms with Gasteiger partial charge in [0.1, 0.15) is 54.0 Å². The van der Waals surface area contributed by atoms with Crippen molar-refractivity contribution in [2.45, 2.75) is 49.1 Å². The molecule has 3 fully saturated rings. The molecular weight excluding hydrogens is 664 g/mol. The van der Waals surface area contributed by atoms with Crippen LogP contribution in [0.3, 0.4) is 0 Å². The van der Waals surface area contributed by atoms with Crippen molar-refractivity contribution in [1.82, 2.24) is 34.1 Å². The Morgan fingerprint density at radius 2 is 1.48 bits per heavy atom. The molecule has 19 nitrogen and oxygen atoms in total. The van der Waals surface area contributed by atoms with E-state index in [9.17, 15) is 19.7 Å². The lowest BCUT2D eigenvalue weighted by atomic mass is 10.1. The molecule has 10 atom stereocenters. The molecule has 0 bridgehead atoms. The van der Waals surface area contributed by atoms with Crippen molar-refractivity contribution in [3.63, 3.8) is 0 Å². The van der Waals surface area contributed by atoms with Crippen LogP contribution in [0.1, 0.15) is 12.5 Å². The summed E-state index contributed by atoms with van der Waals surface area (Å²) in [4.78, 5) is 31.7. The Bertz CT molecular complexity index is 1700. The number of aliphatic hydroxyl groups is 2. The third kappa shape index (κ3) is 5.30. The van der Waals surface area contributed by atoms with Crippen LogP contribution < -0.4 is 11.5 Å². The summed E-state index contributed by atoms with van der Waals surface area (Å²) in [6, 6.07) is 1.56. The van der Waals surface area contributed by atoms with Crippen LogP contribution in [0.15, 0.2) is 31.2 Å². The third-order valence-electron chi connectivity index (χ3n) is 7.35. The second-order valence-electron chi connectivity index (χ2n) is 10.1. The lowest BCUT2D eigenvalue weighted by Gasteiger charge is -2.33. The van der Waals surface area contributed by atoms with Gasteiger partial charge in [0.25, 0.3) is 0 Å². The van der Waals surface area contributed by atoms with Crippen molar-refractivity contribution in [3.05, 3.63) is 31.2 Å². The van der Waals surface area contributed by atoms with Crippen molar-refractivity contribution in [1.29, 1.82) is 0 Å². The van der Waals surface area contributed by atoms with Crippen molar-refractivity contribution >= 4 is 71.4 Å². The van der Waals surface area contributed by atoms with Crippen LogP contribution in [-0.2, 0) is 56.2 Å². The van der Waals surface area contributed by atoms with E-state index >= 15 is 0 Å². The van der Waals surface area contributed by atoms with Gasteiger partial charge in [-0.25, -0.2) is 24.9 Å². The highest BCUT2D eigenvalue weighted by Gasteiger charge is 2.52. The van der Waals surface area contributed by atoms with Crippen LogP contribution in [0.4, 0.5) is 11.5 Å². The summed E-state index contributed by atoms with van der Waals surface area (Å²) in [7, 11) is 0. The molecule has 3 saturated heterocycles. The molecule has 3 aliphatic rings. The maximum Gasteiger partial charge on any atom is 0.325 e. The predicted octanol–water partition coefficient (Wildman–Crippen LogP) is -0.359. The summed E-state index contributed by atoms with van der Waals surface area (Å²) in [5, 5.41) is 22.5. The van der Waals surface area contributed by atoms with Gasteiger partial charge in [-0.1, -0.05) is 0 Å². The minimum absolute atomic E-state index is 0.106. The van der Waals surface area contributed by atoms with Gasteiger partial charge in [-0.3, -0.25) is 18.2 Å². The van der Waals surface area contributed by atoms with E-state index < -0.39 is 75.8 Å². The number of aromatic nitrogens is 7. The number of nitrogens with zero attached hydrogens (tertiary/aromatic N) is 7. The fourth-order valence-electron chi connectivity index (χ4n) is 5.32. The zero-order chi connectivity index (χ0) is 31.0. The number of pyridine rings is 1. The average molecular weight is 689 g/mol. The van der Waals surface area contributed by atoms with Crippen LogP contribution in [0.5, 0.6) is 0 Å². The van der Waals surface area contributed by atoms with Gasteiger partial charge in [0.2, 0.25) is 0 Å². The molecule has 3 aliphatic heterocycles. The smallest absolute Gasteiger partial charge is 0.325 e. The molecule has 0 saturated carbocycles. The fraction of sp³-hybridized carbons (Fsp3) is 0.476. The van der Waals surface area contributed by atoms with Crippen molar-refractivity contribution in [2.24, 2.45) is 0 Å². The topological polar surface area (TPSA) is 259 Å². The number of rotatable bonds is 2. The molecular formula is C21H24N9O10P2S2-. The highest BCUT2D eigenvalue weighted by Crippen LogP contribution is 2.54. The Balaban J connectivity index is 1.17. The van der Waals surface area contributed by atoms with Gasteiger partial charge in [0.05, 0.1) is 31.6 Å². The molecule has 23 heteroatoms. The number of hydrogen-bond acceptors (Lipinski definition) is 18. The van der Waals surface area contributed by atoms with Gasteiger partial charge in [-0.05, 0) is 17.9 Å². The molecule has 4 aromatic heterocycles. The van der Waals surface area contributed by atoms with E-state index in [1.165, 1.54) is 34.3 Å². The Morgan fingerprint density at radius 1 is 0.886 bits per heavy atom. The molecule has 0 aromatic carbocycles. The molecule has 4 aromatic rings. The van der Waals surface area contributed by atoms with Crippen molar-refractivity contribution < 1.29 is 47.2 Å². The maximum atomic E-state index is 13.4. The number of anilines is 2. The molecule has 7 N–H and O–H groups in total. The number of nitrogens with two attached hydrogens (primary N) is 2. The number of fused-ring (bicyclic) bond motifs is 4. The first-order valence-corrected chi connectivity index (χ1v) is 18.0. The van der Waals surface area contributed by atoms with Crippen LogP contribution in [0.2, 0.25) is 0 Å². The van der Waals surface area contributed by atoms with Gasteiger partial charge < -0.3 is 61.9 Å². The number of aliphatic hydroxyl groups excluding tert-OH is 2. The number of ether oxygens (including phenoxy) is 2. The Labute approximate surface area is 257 Å². The minimum atomic E-state index is -4.36. The zero-order valence-corrected chi connectivity index (χ0v) is 25.5. The average Bonchev–Trinajstić information content (AvgIpc) is 3.73. The van der Waals surface area contributed by atoms with Crippen LogP contribution in [-0.4, -0.2) is 99.0 Å². The molecule has 7 heterocycles. The molecule has 0 spiro atoms. The molecule has 0 aliphatic carbocycles. The van der Waals surface area contributed by atoms with Gasteiger partial charge in [-0.2, -0.15) is 0 Å². The second-order valence-corrected chi connectivity index (χ2v) is 15.6. The number of imidazole rings is 2. The van der Waals surface area contributed by atoms with E-state index in [4.69, 9.17) is 63.1 Å². The summed E-state index contributed by atoms with van der Waals surface area (Å²) >= 11 is 10.4. The van der Waals surface area contributed by atoms with E-state index in [-0.39, 0.29) is 17.0 Å². The Hall–Kier alpha value is -2.36. The maximum absolute atomic E-state index is 13.4. The Kier molecular flexibility index (Phi) is 7.69. The van der Waals surface area contributed by atoms with Gasteiger partial charge >= 0.3 is 6.72 Å². The normalized spacial score (nSPS) is 38.3. The summed E-state index contributed by atoms with van der Waals surface area (Å²) in [5.41, 5.74) is 13.4. The monoisotopic (exact) mass is 688 g/mol. The minimum Gasteiger partial charge on any atom is -0.660 e. The number of nitrogen functional groups attached to an aromatic ring is 2. The van der Waals surface area contributed by atoms with E-state index in [1.54, 1.807) is 6.07 Å². The van der Waals surface area contributed by atoms with E-state index in [0.717, 1.165) is 0 Å². The molecule has 236 valence electrons. The van der Waals surface area contributed by atoms with Crippen molar-refractivity contribution in [2.75, 3.05) is 24.7 Å². The predicted molar refractivity (Wildman–Crippen MR) is 155 cm³/mol. The standard InChI is InChI=1S/C21H25N9O10P2S2/c22-8-1-2-24-18-11(8)27-6-29(18)20-13(31)15-9(37-20)3-35-42(34,44)40-16-10(4-36-41(33,43)39-15)38-21(14(16)32)30-7-28-12-17(23)25-5-26-19(12)30/h1-2,5-7,9-10,13-16,20-21,31-32H,3-4H2,(H2,22,24)(H,33,43)(H,34,44)(H2,23,25,26)/p-1/t9-,10-,13-,14-,15-,16-,20-,21-,41?,42?/m1/s1. The van der Waals surface area contributed by atoms with Gasteiger partial charge in [0, 0.05) is 6.20 Å². The summed E-state index contributed by atoms with van der Waals surface area (Å²) < 4.78 is 50.6. The first kappa shape index (κ1) is 30.3. The fourth-order valence-corrected chi connectivity index (χ4v) is 8.19. The van der Waals surface area contributed by atoms with E-state index in [0.29, 0.717) is 16.9 Å². The van der Waals surface area contributed by atoms with Crippen LogP contribution in [0, 0.1) is 0 Å². The third-order valence-corrected chi connectivity index (χ3v) is 10.5. The van der Waals surface area contributed by atoms with Crippen molar-refractivity contribution in [3.8, 4) is 0 Å². The summed E-state index contributed by atoms with van der Waals surface area (Å²) in [6.45, 7) is -9.51. The first-order chi connectivity index (χ1) is 20.9. The van der Waals surface area contributed by atoms with E-state index in [1.807, 2.05) is 0 Å². The molecule has 2 unspecified atom stereocenters. The number of hydrogen-bond donors (Lipinski definition) is 5. The highest BCUT2D eigenvalue weighted by atomic mass is 32.7. The van der Waals surface area contributed by atoms with Gasteiger partial charge in [0.15, 0.2) is 36.4 Å². The molecule has 7 rings (SSSR count). The zero-order valence-electron chi connectivity index (χ0n) is 22.1. The Morgan fingerprint density at radius 3 is 2.16 bits per heavy atom. The second kappa shape index (κ2) is 11.2. The molecule has 0 radical (unpaired) electrons. The molecule has 44 heavy (non-hydrogen) atoms. The lowest BCUT2D eigenvalue weighted by molar-refractivity contribution is -0.0577. The van der Waals surface area contributed by atoms with E-state index in [2.05, 4.69) is 24.9 Å². The molecule has 0 amide bonds. The largest absolute Gasteiger partial charge is 0.660 e.